The minimum atomic E-state index is 0.742. The Morgan fingerprint density at radius 2 is 2.06 bits per heavy atom. The molecule has 0 N–H and O–H groups in total. The topological polar surface area (TPSA) is 21.1 Å². The van der Waals surface area contributed by atoms with Crippen LogP contribution in [0.1, 0.15) is 13.8 Å². The van der Waals surface area contributed by atoms with E-state index in [2.05, 4.69) is 28.3 Å². The van der Waals surface area contributed by atoms with E-state index in [-0.39, 0.29) is 0 Å². The normalized spacial score (nSPS) is 11.5. The van der Waals surface area contributed by atoms with Gasteiger partial charge in [0, 0.05) is 18.1 Å². The first-order valence-electron chi connectivity index (χ1n) is 6.07. The molecule has 0 spiro atoms. The van der Waals surface area contributed by atoms with Crippen LogP contribution in [0.25, 0.3) is 11.0 Å². The lowest BCUT2D eigenvalue weighted by atomic mass is 10.3. The van der Waals surface area contributed by atoms with E-state index in [9.17, 15) is 0 Å². The van der Waals surface area contributed by atoms with Gasteiger partial charge in [0.2, 0.25) is 0 Å². The third kappa shape index (κ3) is 2.79. The molecule has 0 aliphatic heterocycles. The number of hydrogen-bond acceptors (Lipinski definition) is 2. The Kier molecular flexibility index (Phi) is 4.02. The molecular weight excluding hydrogens is 234 g/mol. The van der Waals surface area contributed by atoms with Crippen molar-refractivity contribution < 1.29 is 0 Å². The number of benzene rings is 1. The van der Waals surface area contributed by atoms with E-state index in [1.807, 2.05) is 24.5 Å². The number of rotatable bonds is 5. The highest BCUT2D eigenvalue weighted by Crippen LogP contribution is 2.17. The molecule has 2 rings (SSSR count). The van der Waals surface area contributed by atoms with Crippen molar-refractivity contribution in [2.75, 3.05) is 19.6 Å². The zero-order chi connectivity index (χ0) is 12.3. The van der Waals surface area contributed by atoms with Gasteiger partial charge in [-0.05, 0) is 31.3 Å². The zero-order valence-corrected chi connectivity index (χ0v) is 11.1. The molecule has 17 heavy (non-hydrogen) atoms. The fourth-order valence-corrected chi connectivity index (χ4v) is 2.17. The number of aromatic nitrogens is 2. The Balaban J connectivity index is 2.14. The minimum Gasteiger partial charge on any atom is -0.329 e. The van der Waals surface area contributed by atoms with Crippen molar-refractivity contribution in [3.8, 4) is 0 Å². The second-order valence-corrected chi connectivity index (χ2v) is 4.53. The van der Waals surface area contributed by atoms with E-state index in [1.165, 1.54) is 0 Å². The van der Waals surface area contributed by atoms with E-state index in [1.54, 1.807) is 0 Å². The quantitative estimate of drug-likeness (QED) is 0.815. The van der Waals surface area contributed by atoms with Gasteiger partial charge in [-0.3, -0.25) is 0 Å². The molecule has 0 saturated heterocycles. The molecule has 4 heteroatoms. The Bertz CT molecular complexity index is 488. The van der Waals surface area contributed by atoms with Gasteiger partial charge < -0.3 is 9.47 Å². The lowest BCUT2D eigenvalue weighted by molar-refractivity contribution is 0.292. The Labute approximate surface area is 107 Å². The summed E-state index contributed by atoms with van der Waals surface area (Å²) < 4.78 is 2.18. The summed E-state index contributed by atoms with van der Waals surface area (Å²) in [5, 5.41) is 0.742. The number of likely N-dealkylation sites (N-methyl/N-ethyl adjacent to an activating group) is 1. The minimum absolute atomic E-state index is 0.742. The summed E-state index contributed by atoms with van der Waals surface area (Å²) in [5.41, 5.74) is 2.12. The molecule has 0 fully saturated rings. The highest BCUT2D eigenvalue weighted by atomic mass is 35.5. The van der Waals surface area contributed by atoms with Crippen molar-refractivity contribution in [2.45, 2.75) is 20.4 Å². The van der Waals surface area contributed by atoms with E-state index in [0.29, 0.717) is 0 Å². The predicted octanol–water partition coefficient (Wildman–Crippen LogP) is 3.03. The highest BCUT2D eigenvalue weighted by molar-refractivity contribution is 6.31. The van der Waals surface area contributed by atoms with Gasteiger partial charge in [0.05, 0.1) is 17.4 Å². The summed E-state index contributed by atoms with van der Waals surface area (Å²) >= 11 is 5.94. The zero-order valence-electron chi connectivity index (χ0n) is 10.4. The van der Waals surface area contributed by atoms with Crippen LogP contribution in [0.2, 0.25) is 5.02 Å². The van der Waals surface area contributed by atoms with Crippen LogP contribution in [0.5, 0.6) is 0 Å². The van der Waals surface area contributed by atoms with Crippen LogP contribution in [-0.2, 0) is 6.54 Å². The monoisotopic (exact) mass is 251 g/mol. The third-order valence-electron chi connectivity index (χ3n) is 3.13. The number of imidazole rings is 1. The number of hydrogen-bond donors (Lipinski definition) is 0. The maximum Gasteiger partial charge on any atom is 0.0958 e. The number of fused-ring (bicyclic) bond motifs is 1. The molecule has 1 aromatic carbocycles. The summed E-state index contributed by atoms with van der Waals surface area (Å²) in [6.07, 6.45) is 1.89. The lowest BCUT2D eigenvalue weighted by Crippen LogP contribution is -2.26. The first kappa shape index (κ1) is 12.4. The molecule has 0 radical (unpaired) electrons. The smallest absolute Gasteiger partial charge is 0.0958 e. The third-order valence-corrected chi connectivity index (χ3v) is 3.37. The molecule has 0 bridgehead atoms. The van der Waals surface area contributed by atoms with Gasteiger partial charge in [0.1, 0.15) is 0 Å². The average Bonchev–Trinajstić information content (AvgIpc) is 2.73. The van der Waals surface area contributed by atoms with Gasteiger partial charge in [-0.1, -0.05) is 25.4 Å². The van der Waals surface area contributed by atoms with Crippen LogP contribution in [0.3, 0.4) is 0 Å². The van der Waals surface area contributed by atoms with Crippen molar-refractivity contribution in [1.82, 2.24) is 14.5 Å². The molecule has 3 nitrogen and oxygen atoms in total. The Morgan fingerprint density at radius 3 is 2.76 bits per heavy atom. The Hall–Kier alpha value is -1.06. The molecule has 0 amide bonds. The van der Waals surface area contributed by atoms with Crippen LogP contribution in [-0.4, -0.2) is 34.1 Å². The molecule has 0 unspecified atom stereocenters. The second kappa shape index (κ2) is 5.52. The summed E-state index contributed by atoms with van der Waals surface area (Å²) in [6.45, 7) is 8.59. The highest BCUT2D eigenvalue weighted by Gasteiger charge is 2.04. The largest absolute Gasteiger partial charge is 0.329 e. The summed E-state index contributed by atoms with van der Waals surface area (Å²) in [5.74, 6) is 0. The van der Waals surface area contributed by atoms with Crippen LogP contribution in [0, 0.1) is 0 Å². The van der Waals surface area contributed by atoms with Crippen LogP contribution in [0.4, 0.5) is 0 Å². The van der Waals surface area contributed by atoms with Gasteiger partial charge in [0.25, 0.3) is 0 Å². The molecule has 0 aliphatic carbocycles. The van der Waals surface area contributed by atoms with E-state index in [0.717, 1.165) is 42.2 Å². The summed E-state index contributed by atoms with van der Waals surface area (Å²) in [6, 6.07) is 5.86. The van der Waals surface area contributed by atoms with Crippen molar-refractivity contribution in [3.63, 3.8) is 0 Å². The lowest BCUT2D eigenvalue weighted by Gasteiger charge is -2.18. The molecule has 92 valence electrons. The van der Waals surface area contributed by atoms with Crippen molar-refractivity contribution >= 4 is 22.6 Å². The first-order valence-corrected chi connectivity index (χ1v) is 6.45. The number of halogens is 1. The van der Waals surface area contributed by atoms with E-state index < -0.39 is 0 Å². The molecule has 2 aromatic rings. The SMILES string of the molecule is CCN(CC)CCn1cnc2cc(Cl)ccc21. The molecule has 0 atom stereocenters. The van der Waals surface area contributed by atoms with Crippen molar-refractivity contribution in [2.24, 2.45) is 0 Å². The fourth-order valence-electron chi connectivity index (χ4n) is 2.00. The van der Waals surface area contributed by atoms with E-state index in [4.69, 9.17) is 11.6 Å². The van der Waals surface area contributed by atoms with Gasteiger partial charge in [-0.2, -0.15) is 0 Å². The average molecular weight is 252 g/mol. The Morgan fingerprint density at radius 1 is 1.29 bits per heavy atom. The summed E-state index contributed by atoms with van der Waals surface area (Å²) in [7, 11) is 0. The first-order chi connectivity index (χ1) is 8.24. The second-order valence-electron chi connectivity index (χ2n) is 4.10. The predicted molar refractivity (Wildman–Crippen MR) is 72.5 cm³/mol. The van der Waals surface area contributed by atoms with Gasteiger partial charge >= 0.3 is 0 Å². The molecule has 1 aromatic heterocycles. The van der Waals surface area contributed by atoms with Crippen LogP contribution >= 0.6 is 11.6 Å². The molecule has 0 aliphatic rings. The van der Waals surface area contributed by atoms with Crippen LogP contribution in [0.15, 0.2) is 24.5 Å². The maximum absolute atomic E-state index is 5.94. The number of nitrogens with zero attached hydrogens (tertiary/aromatic N) is 3. The fraction of sp³-hybridized carbons (Fsp3) is 0.462. The maximum atomic E-state index is 5.94. The van der Waals surface area contributed by atoms with Gasteiger partial charge in [-0.25, -0.2) is 4.98 Å². The van der Waals surface area contributed by atoms with E-state index >= 15 is 0 Å². The molecular formula is C13H18ClN3. The molecule has 1 heterocycles. The van der Waals surface area contributed by atoms with Gasteiger partial charge in [-0.15, -0.1) is 0 Å². The van der Waals surface area contributed by atoms with Crippen molar-refractivity contribution in [1.29, 1.82) is 0 Å². The van der Waals surface area contributed by atoms with Gasteiger partial charge in [0.15, 0.2) is 0 Å². The van der Waals surface area contributed by atoms with Crippen LogP contribution < -0.4 is 0 Å². The molecule has 0 saturated carbocycles. The summed E-state index contributed by atoms with van der Waals surface area (Å²) in [4.78, 5) is 6.77. The van der Waals surface area contributed by atoms with Crippen molar-refractivity contribution in [3.05, 3.63) is 29.5 Å². The standard InChI is InChI=1S/C13H18ClN3/c1-3-16(4-2)7-8-17-10-15-12-9-11(14)5-6-13(12)17/h5-6,9-10H,3-4,7-8H2,1-2H3.